The van der Waals surface area contributed by atoms with Crippen LogP contribution in [0.25, 0.3) is 0 Å². The van der Waals surface area contributed by atoms with Crippen molar-refractivity contribution in [2.45, 2.75) is 70.8 Å². The van der Waals surface area contributed by atoms with E-state index in [0.29, 0.717) is 5.41 Å². The Bertz CT molecular complexity index is 441. The Hall–Kier alpha value is -0.410. The third kappa shape index (κ3) is 2.23. The SMILES string of the molecule is CC1(C)CCc2nc(C3(N)CCCCC3)sc2C1. The maximum Gasteiger partial charge on any atom is 0.113 e. The van der Waals surface area contributed by atoms with Crippen molar-refractivity contribution in [3.63, 3.8) is 0 Å². The van der Waals surface area contributed by atoms with Gasteiger partial charge < -0.3 is 5.73 Å². The van der Waals surface area contributed by atoms with Gasteiger partial charge in [0, 0.05) is 4.88 Å². The van der Waals surface area contributed by atoms with Crippen molar-refractivity contribution in [1.29, 1.82) is 0 Å². The number of thiazole rings is 1. The zero-order valence-electron chi connectivity index (χ0n) is 11.6. The van der Waals surface area contributed by atoms with E-state index in [1.54, 1.807) is 0 Å². The van der Waals surface area contributed by atoms with Crippen molar-refractivity contribution in [2.75, 3.05) is 0 Å². The van der Waals surface area contributed by atoms with Crippen LogP contribution in [0.5, 0.6) is 0 Å². The smallest absolute Gasteiger partial charge is 0.113 e. The molecule has 0 aliphatic heterocycles. The summed E-state index contributed by atoms with van der Waals surface area (Å²) in [4.78, 5) is 6.42. The highest BCUT2D eigenvalue weighted by molar-refractivity contribution is 7.11. The second kappa shape index (κ2) is 4.31. The molecule has 2 nitrogen and oxygen atoms in total. The highest BCUT2D eigenvalue weighted by Crippen LogP contribution is 2.42. The first-order valence-electron chi connectivity index (χ1n) is 7.27. The molecule has 1 aromatic rings. The Balaban J connectivity index is 1.89. The summed E-state index contributed by atoms with van der Waals surface area (Å²) in [7, 11) is 0. The number of fused-ring (bicyclic) bond motifs is 1. The van der Waals surface area contributed by atoms with Crippen LogP contribution in [-0.2, 0) is 18.4 Å². The molecule has 0 atom stereocenters. The van der Waals surface area contributed by atoms with Crippen LogP contribution in [0.1, 0.15) is 68.0 Å². The Morgan fingerprint density at radius 1 is 1.11 bits per heavy atom. The standard InChI is InChI=1S/C15H24N2S/c1-14(2)9-6-11-12(10-14)18-13(17-11)15(16)7-4-3-5-8-15/h3-10,16H2,1-2H3. The predicted octanol–water partition coefficient (Wildman–Crippen LogP) is 3.78. The Morgan fingerprint density at radius 3 is 2.56 bits per heavy atom. The lowest BCUT2D eigenvalue weighted by molar-refractivity contribution is 0.299. The molecule has 0 bridgehead atoms. The van der Waals surface area contributed by atoms with Crippen LogP contribution in [-0.4, -0.2) is 4.98 Å². The summed E-state index contributed by atoms with van der Waals surface area (Å²) in [6.45, 7) is 4.74. The Morgan fingerprint density at radius 2 is 1.83 bits per heavy atom. The molecule has 1 saturated carbocycles. The summed E-state index contributed by atoms with van der Waals surface area (Å²) in [5.41, 5.74) is 8.30. The van der Waals surface area contributed by atoms with Crippen molar-refractivity contribution < 1.29 is 0 Å². The van der Waals surface area contributed by atoms with E-state index in [4.69, 9.17) is 10.7 Å². The molecule has 0 saturated heterocycles. The zero-order chi connectivity index (χ0) is 12.8. The van der Waals surface area contributed by atoms with Gasteiger partial charge in [0.1, 0.15) is 5.01 Å². The molecule has 18 heavy (non-hydrogen) atoms. The van der Waals surface area contributed by atoms with Gasteiger partial charge >= 0.3 is 0 Å². The van der Waals surface area contributed by atoms with Crippen LogP contribution < -0.4 is 5.73 Å². The van der Waals surface area contributed by atoms with Gasteiger partial charge in [-0.05, 0) is 37.5 Å². The normalized spacial score (nSPS) is 25.7. The molecule has 0 spiro atoms. The molecule has 0 amide bonds. The molecule has 100 valence electrons. The minimum Gasteiger partial charge on any atom is -0.319 e. The molecule has 1 fully saturated rings. The van der Waals surface area contributed by atoms with Crippen molar-refractivity contribution in [1.82, 2.24) is 4.98 Å². The minimum atomic E-state index is -0.107. The molecule has 0 unspecified atom stereocenters. The van der Waals surface area contributed by atoms with Crippen molar-refractivity contribution in [3.05, 3.63) is 15.6 Å². The first-order valence-corrected chi connectivity index (χ1v) is 8.08. The molecular formula is C15H24N2S. The van der Waals surface area contributed by atoms with Crippen LogP contribution >= 0.6 is 11.3 Å². The van der Waals surface area contributed by atoms with Gasteiger partial charge in [-0.15, -0.1) is 11.3 Å². The lowest BCUT2D eigenvalue weighted by Crippen LogP contribution is -2.38. The van der Waals surface area contributed by atoms with Crippen LogP contribution in [0.15, 0.2) is 0 Å². The highest BCUT2D eigenvalue weighted by atomic mass is 32.1. The van der Waals surface area contributed by atoms with E-state index in [1.807, 2.05) is 11.3 Å². The van der Waals surface area contributed by atoms with E-state index in [9.17, 15) is 0 Å². The molecule has 2 aliphatic carbocycles. The molecule has 3 heteroatoms. The number of aryl methyl sites for hydroxylation is 1. The van der Waals surface area contributed by atoms with Crippen LogP contribution in [0, 0.1) is 5.41 Å². The largest absolute Gasteiger partial charge is 0.319 e. The van der Waals surface area contributed by atoms with Gasteiger partial charge in [0.25, 0.3) is 0 Å². The monoisotopic (exact) mass is 264 g/mol. The summed E-state index contributed by atoms with van der Waals surface area (Å²) in [6.07, 6.45) is 9.74. The predicted molar refractivity (Wildman–Crippen MR) is 76.9 cm³/mol. The first-order chi connectivity index (χ1) is 8.49. The van der Waals surface area contributed by atoms with E-state index in [1.165, 1.54) is 47.7 Å². The zero-order valence-corrected chi connectivity index (χ0v) is 12.4. The molecule has 3 rings (SSSR count). The van der Waals surface area contributed by atoms with E-state index in [0.717, 1.165) is 19.3 Å². The van der Waals surface area contributed by atoms with Crippen LogP contribution in [0.3, 0.4) is 0 Å². The number of hydrogen-bond acceptors (Lipinski definition) is 3. The van der Waals surface area contributed by atoms with Gasteiger partial charge in [-0.2, -0.15) is 0 Å². The van der Waals surface area contributed by atoms with Crippen molar-refractivity contribution in [3.8, 4) is 0 Å². The minimum absolute atomic E-state index is 0.107. The quantitative estimate of drug-likeness (QED) is 0.838. The fourth-order valence-corrected chi connectivity index (χ4v) is 4.83. The molecular weight excluding hydrogens is 240 g/mol. The number of nitrogens with zero attached hydrogens (tertiary/aromatic N) is 1. The summed E-state index contributed by atoms with van der Waals surface area (Å²) in [6, 6.07) is 0. The number of hydrogen-bond donors (Lipinski definition) is 1. The highest BCUT2D eigenvalue weighted by Gasteiger charge is 2.35. The van der Waals surface area contributed by atoms with Gasteiger partial charge in [0.2, 0.25) is 0 Å². The molecule has 1 heterocycles. The van der Waals surface area contributed by atoms with Gasteiger partial charge in [0.05, 0.1) is 11.2 Å². The summed E-state index contributed by atoms with van der Waals surface area (Å²) >= 11 is 1.91. The second-order valence-electron chi connectivity index (χ2n) is 6.95. The topological polar surface area (TPSA) is 38.9 Å². The third-order valence-electron chi connectivity index (χ3n) is 4.63. The van der Waals surface area contributed by atoms with E-state index < -0.39 is 0 Å². The Kier molecular flexibility index (Phi) is 3.02. The van der Waals surface area contributed by atoms with E-state index in [2.05, 4.69) is 13.8 Å². The van der Waals surface area contributed by atoms with Crippen molar-refractivity contribution in [2.24, 2.45) is 11.1 Å². The number of aromatic nitrogens is 1. The fourth-order valence-electron chi connectivity index (χ4n) is 3.31. The van der Waals surface area contributed by atoms with E-state index >= 15 is 0 Å². The molecule has 2 N–H and O–H groups in total. The summed E-state index contributed by atoms with van der Waals surface area (Å²) in [5, 5.41) is 1.23. The number of nitrogens with two attached hydrogens (primary N) is 1. The van der Waals surface area contributed by atoms with Gasteiger partial charge in [-0.1, -0.05) is 33.1 Å². The second-order valence-corrected chi connectivity index (χ2v) is 8.03. The maximum atomic E-state index is 6.61. The van der Waals surface area contributed by atoms with Gasteiger partial charge in [0.15, 0.2) is 0 Å². The van der Waals surface area contributed by atoms with Crippen LogP contribution in [0.2, 0.25) is 0 Å². The van der Waals surface area contributed by atoms with Crippen LogP contribution in [0.4, 0.5) is 0 Å². The lowest BCUT2D eigenvalue weighted by atomic mass is 9.79. The third-order valence-corrected chi connectivity index (χ3v) is 5.95. The molecule has 2 aliphatic rings. The average molecular weight is 264 g/mol. The van der Waals surface area contributed by atoms with Gasteiger partial charge in [-0.25, -0.2) is 4.98 Å². The molecule has 0 radical (unpaired) electrons. The maximum absolute atomic E-state index is 6.61. The fraction of sp³-hybridized carbons (Fsp3) is 0.800. The van der Waals surface area contributed by atoms with Crippen molar-refractivity contribution >= 4 is 11.3 Å². The first kappa shape index (κ1) is 12.6. The van der Waals surface area contributed by atoms with E-state index in [-0.39, 0.29) is 5.54 Å². The summed E-state index contributed by atoms with van der Waals surface area (Å²) in [5.74, 6) is 0. The Labute approximate surface area is 114 Å². The van der Waals surface area contributed by atoms with Gasteiger partial charge in [-0.3, -0.25) is 0 Å². The summed E-state index contributed by atoms with van der Waals surface area (Å²) < 4.78 is 0. The molecule has 0 aromatic carbocycles. The number of rotatable bonds is 1. The molecule has 1 aromatic heterocycles. The lowest BCUT2D eigenvalue weighted by Gasteiger charge is -2.31. The average Bonchev–Trinajstić information content (AvgIpc) is 2.72.